The summed E-state index contributed by atoms with van der Waals surface area (Å²) >= 11 is 0. The second-order valence-electron chi connectivity index (χ2n) is 11.6. The lowest BCUT2D eigenvalue weighted by molar-refractivity contribution is -0.757. The quantitative estimate of drug-likeness (QED) is 0.0633. The van der Waals surface area contributed by atoms with Crippen molar-refractivity contribution in [1.29, 1.82) is 0 Å². The van der Waals surface area contributed by atoms with Gasteiger partial charge in [0, 0.05) is 52.0 Å². The summed E-state index contributed by atoms with van der Waals surface area (Å²) in [5.41, 5.74) is 0. The van der Waals surface area contributed by atoms with E-state index in [1.54, 1.807) is 0 Å². The fraction of sp³-hybridized carbons (Fsp3) is 0.867. The van der Waals surface area contributed by atoms with Gasteiger partial charge in [-0.05, 0) is 56.8 Å². The molecular formula is C30H53N3O8. The van der Waals surface area contributed by atoms with Crippen LogP contribution in [0.2, 0.25) is 0 Å². The molecule has 11 heteroatoms. The molecule has 0 aromatic carbocycles. The fourth-order valence-corrected chi connectivity index (χ4v) is 5.82. The van der Waals surface area contributed by atoms with Crippen LogP contribution < -0.4 is 0 Å². The lowest BCUT2D eigenvalue weighted by atomic mass is 9.86. The number of piperazine rings is 1. The van der Waals surface area contributed by atoms with Crippen molar-refractivity contribution >= 4 is 11.8 Å². The maximum absolute atomic E-state index is 12.3. The van der Waals surface area contributed by atoms with E-state index < -0.39 is 17.3 Å². The highest BCUT2D eigenvalue weighted by molar-refractivity contribution is 5.78. The van der Waals surface area contributed by atoms with Gasteiger partial charge in [0.25, 0.3) is 5.09 Å². The molecular weight excluding hydrogens is 530 g/mol. The summed E-state index contributed by atoms with van der Waals surface area (Å²) in [5.74, 6) is -0.0600. The molecule has 1 aliphatic heterocycles. The van der Waals surface area contributed by atoms with Gasteiger partial charge in [0.05, 0.1) is 18.8 Å². The molecule has 41 heavy (non-hydrogen) atoms. The average molecular weight is 584 g/mol. The maximum atomic E-state index is 12.3. The number of rotatable bonds is 22. The zero-order valence-electron chi connectivity index (χ0n) is 25.0. The summed E-state index contributed by atoms with van der Waals surface area (Å²) in [6.07, 6.45) is 13.7. The number of hydrogen-bond acceptors (Lipinski definition) is 10. The van der Waals surface area contributed by atoms with Gasteiger partial charge < -0.3 is 24.7 Å². The molecule has 1 saturated carbocycles. The molecule has 0 bridgehead atoms. The van der Waals surface area contributed by atoms with Crippen molar-refractivity contribution in [3.63, 3.8) is 0 Å². The van der Waals surface area contributed by atoms with E-state index in [1.807, 2.05) is 12.2 Å². The Labute approximate surface area is 245 Å². The highest BCUT2D eigenvalue weighted by Crippen LogP contribution is 2.38. The number of aliphatic hydroxyl groups is 2. The molecule has 2 N–H and O–H groups in total. The van der Waals surface area contributed by atoms with Crippen molar-refractivity contribution in [2.75, 3.05) is 46.1 Å². The Morgan fingerprint density at radius 1 is 0.902 bits per heavy atom. The Kier molecular flexibility index (Phi) is 17.8. The Morgan fingerprint density at radius 2 is 1.61 bits per heavy atom. The summed E-state index contributed by atoms with van der Waals surface area (Å²) in [7, 11) is 0. The first kappa shape index (κ1) is 35.1. The van der Waals surface area contributed by atoms with Gasteiger partial charge in [-0.1, -0.05) is 44.8 Å². The van der Waals surface area contributed by atoms with E-state index in [0.717, 1.165) is 52.0 Å². The van der Waals surface area contributed by atoms with Crippen molar-refractivity contribution in [3.05, 3.63) is 22.3 Å². The summed E-state index contributed by atoms with van der Waals surface area (Å²) < 4.78 is 5.42. The predicted molar refractivity (Wildman–Crippen MR) is 155 cm³/mol. The first-order valence-electron chi connectivity index (χ1n) is 15.7. The van der Waals surface area contributed by atoms with Gasteiger partial charge in [-0.3, -0.25) is 14.5 Å². The molecule has 0 radical (unpaired) electrons. The third kappa shape index (κ3) is 15.1. The molecule has 2 aliphatic rings. The molecule has 2 fully saturated rings. The third-order valence-electron chi connectivity index (χ3n) is 8.35. The minimum absolute atomic E-state index is 0.0431. The minimum atomic E-state index is -0.769. The number of carbonyl (C=O) groups excluding carboxylic acids is 2. The summed E-state index contributed by atoms with van der Waals surface area (Å²) in [6.45, 7) is 6.51. The summed E-state index contributed by atoms with van der Waals surface area (Å²) in [5, 5.41) is 30.3. The van der Waals surface area contributed by atoms with Gasteiger partial charge in [-0.2, -0.15) is 0 Å². The third-order valence-corrected chi connectivity index (χ3v) is 8.35. The van der Waals surface area contributed by atoms with Crippen molar-refractivity contribution in [2.24, 2.45) is 11.8 Å². The Balaban J connectivity index is 1.54. The van der Waals surface area contributed by atoms with E-state index in [9.17, 15) is 29.9 Å². The number of ketones is 1. The maximum Gasteiger partial charge on any atom is 0.307 e. The molecule has 236 valence electrons. The molecule has 0 aromatic heterocycles. The number of allylic oxidation sites excluding steroid dienone is 2. The second-order valence-corrected chi connectivity index (χ2v) is 11.6. The highest BCUT2D eigenvalue weighted by Gasteiger charge is 2.40. The smallest absolute Gasteiger partial charge is 0.307 e. The SMILES string of the molecule is CCCCCCCC(=O)CC[C@@H]1[C@@H](CC=CCCCC(=O)OCN2CCN(CCCO[N+](=O)[O-])CC2)[C@@H](O)C[C@H]1O. The summed E-state index contributed by atoms with van der Waals surface area (Å²) in [6, 6.07) is 0. The first-order chi connectivity index (χ1) is 19.8. The minimum Gasteiger partial charge on any atom is -0.449 e. The van der Waals surface area contributed by atoms with Gasteiger partial charge in [-0.25, -0.2) is 0 Å². The Hall–Kier alpha value is -2.08. The van der Waals surface area contributed by atoms with Gasteiger partial charge >= 0.3 is 5.97 Å². The van der Waals surface area contributed by atoms with E-state index in [2.05, 4.69) is 21.6 Å². The van der Waals surface area contributed by atoms with Crippen LogP contribution in [-0.2, 0) is 19.2 Å². The highest BCUT2D eigenvalue weighted by atomic mass is 16.9. The topological polar surface area (TPSA) is 143 Å². The van der Waals surface area contributed by atoms with Crippen LogP contribution in [0.4, 0.5) is 0 Å². The van der Waals surface area contributed by atoms with E-state index in [0.29, 0.717) is 51.4 Å². The zero-order chi connectivity index (χ0) is 29.9. The van der Waals surface area contributed by atoms with E-state index in [4.69, 9.17) is 4.74 Å². The van der Waals surface area contributed by atoms with Crippen LogP contribution in [-0.4, -0.2) is 95.1 Å². The molecule has 0 aromatic rings. The van der Waals surface area contributed by atoms with E-state index in [1.165, 1.54) is 19.3 Å². The molecule has 0 unspecified atom stereocenters. The predicted octanol–water partition coefficient (Wildman–Crippen LogP) is 3.89. The van der Waals surface area contributed by atoms with Crippen molar-refractivity contribution in [2.45, 2.75) is 109 Å². The van der Waals surface area contributed by atoms with Gasteiger partial charge in [0.1, 0.15) is 12.5 Å². The molecule has 4 atom stereocenters. The van der Waals surface area contributed by atoms with Gasteiger partial charge in [-0.15, -0.1) is 10.1 Å². The lowest BCUT2D eigenvalue weighted by Gasteiger charge is -2.34. The number of ether oxygens (including phenoxy) is 1. The Morgan fingerprint density at radius 3 is 2.34 bits per heavy atom. The molecule has 11 nitrogen and oxygen atoms in total. The molecule has 1 aliphatic carbocycles. The fourth-order valence-electron chi connectivity index (χ4n) is 5.82. The number of Topliss-reactive ketones (excluding diaryl/α,β-unsaturated/α-hetero) is 1. The van der Waals surface area contributed by atoms with Crippen LogP contribution in [0.25, 0.3) is 0 Å². The second kappa shape index (κ2) is 20.7. The van der Waals surface area contributed by atoms with Crippen LogP contribution in [0.15, 0.2) is 12.2 Å². The normalized spacial score (nSPS) is 23.7. The van der Waals surface area contributed by atoms with Crippen molar-refractivity contribution in [1.82, 2.24) is 9.80 Å². The standard InChI is InChI=1S/C30H53N3O8/c1-2-3-4-5-8-12-25(34)15-16-27-26(28(35)23-29(27)36)13-9-6-7-10-14-30(37)40-24-32-20-18-31(19-21-32)17-11-22-41-33(38)39/h6,9,26-29,35-36H,2-5,7-8,10-24H2,1H3/t26-,27-,28+,29-/m1/s1. The van der Waals surface area contributed by atoms with Crippen molar-refractivity contribution < 1.29 is 34.5 Å². The van der Waals surface area contributed by atoms with Crippen LogP contribution in [0.1, 0.15) is 96.8 Å². The van der Waals surface area contributed by atoms with Crippen LogP contribution in [0, 0.1) is 22.0 Å². The largest absolute Gasteiger partial charge is 0.449 e. The van der Waals surface area contributed by atoms with Gasteiger partial charge in [0.2, 0.25) is 0 Å². The average Bonchev–Trinajstić information content (AvgIpc) is 3.22. The number of esters is 1. The van der Waals surface area contributed by atoms with Crippen LogP contribution >= 0.6 is 0 Å². The molecule has 0 spiro atoms. The number of aliphatic hydroxyl groups excluding tert-OH is 2. The van der Waals surface area contributed by atoms with Crippen LogP contribution in [0.3, 0.4) is 0 Å². The number of nitrogens with zero attached hydrogens (tertiary/aromatic N) is 3. The molecule has 2 rings (SSSR count). The van der Waals surface area contributed by atoms with Crippen molar-refractivity contribution in [3.8, 4) is 0 Å². The zero-order valence-corrected chi connectivity index (χ0v) is 25.0. The summed E-state index contributed by atoms with van der Waals surface area (Å²) in [4.78, 5) is 43.3. The van der Waals surface area contributed by atoms with Crippen LogP contribution in [0.5, 0.6) is 0 Å². The number of unbranched alkanes of at least 4 members (excludes halogenated alkanes) is 5. The van der Waals surface area contributed by atoms with Gasteiger partial charge in [0.15, 0.2) is 0 Å². The number of hydrogen-bond donors (Lipinski definition) is 2. The van der Waals surface area contributed by atoms with E-state index in [-0.39, 0.29) is 36.9 Å². The lowest BCUT2D eigenvalue weighted by Crippen LogP contribution is -2.47. The number of carbonyl (C=O) groups is 2. The molecule has 1 heterocycles. The molecule has 1 saturated heterocycles. The Bertz CT molecular complexity index is 788. The monoisotopic (exact) mass is 583 g/mol. The first-order valence-corrected chi connectivity index (χ1v) is 15.7. The van der Waals surface area contributed by atoms with E-state index >= 15 is 0 Å². The molecule has 0 amide bonds.